The highest BCUT2D eigenvalue weighted by molar-refractivity contribution is 8.15. The molecule has 6 nitrogen and oxygen atoms in total. The van der Waals surface area contributed by atoms with Crippen molar-refractivity contribution >= 4 is 45.7 Å². The van der Waals surface area contributed by atoms with Crippen molar-refractivity contribution in [3.63, 3.8) is 0 Å². The maximum atomic E-state index is 13.1. The van der Waals surface area contributed by atoms with E-state index in [2.05, 4.69) is 10.6 Å². The van der Waals surface area contributed by atoms with Crippen LogP contribution in [0.15, 0.2) is 65.3 Å². The average Bonchev–Trinajstić information content (AvgIpc) is 2.92. The van der Waals surface area contributed by atoms with Crippen molar-refractivity contribution in [3.8, 4) is 0 Å². The molecule has 0 saturated heterocycles. The quantitative estimate of drug-likeness (QED) is 0.572. The molecule has 1 aliphatic heterocycles. The first-order valence-electron chi connectivity index (χ1n) is 10.0. The van der Waals surface area contributed by atoms with Crippen LogP contribution >= 0.6 is 11.8 Å². The zero-order chi connectivity index (χ0) is 22.2. The van der Waals surface area contributed by atoms with E-state index in [1.54, 1.807) is 13.0 Å². The molecule has 1 aliphatic rings. The van der Waals surface area contributed by atoms with Crippen LogP contribution in [0.2, 0.25) is 0 Å². The van der Waals surface area contributed by atoms with Crippen molar-refractivity contribution in [1.29, 1.82) is 0 Å². The van der Waals surface area contributed by atoms with Crippen molar-refractivity contribution < 1.29 is 18.7 Å². The Labute approximate surface area is 185 Å². The molecule has 0 aliphatic carbocycles. The van der Waals surface area contributed by atoms with Crippen molar-refractivity contribution in [2.45, 2.75) is 31.9 Å². The second-order valence-electron chi connectivity index (χ2n) is 6.75. The minimum absolute atomic E-state index is 0.0698. The fourth-order valence-electron chi connectivity index (χ4n) is 2.93. The number of carbonyl (C=O) groups is 2. The van der Waals surface area contributed by atoms with Gasteiger partial charge in [0.2, 0.25) is 5.91 Å². The number of anilines is 2. The number of nitrogens with one attached hydrogen (secondary N) is 2. The molecule has 1 amide bonds. The molecule has 3 rings (SSSR count). The minimum Gasteiger partial charge on any atom is -0.466 e. The summed E-state index contributed by atoms with van der Waals surface area (Å²) >= 11 is 1.31. The molecule has 1 atom stereocenters. The molecule has 0 bridgehead atoms. The Balaban J connectivity index is 1.80. The maximum absolute atomic E-state index is 13.1. The Morgan fingerprint density at radius 1 is 1.16 bits per heavy atom. The number of rotatable bonds is 7. The van der Waals surface area contributed by atoms with Gasteiger partial charge in [-0.15, -0.1) is 0 Å². The van der Waals surface area contributed by atoms with Crippen LogP contribution in [0.3, 0.4) is 0 Å². The fourth-order valence-corrected chi connectivity index (χ4v) is 3.92. The van der Waals surface area contributed by atoms with Crippen molar-refractivity contribution in [2.75, 3.05) is 17.2 Å². The zero-order valence-corrected chi connectivity index (χ0v) is 18.2. The van der Waals surface area contributed by atoms with E-state index in [-0.39, 0.29) is 24.1 Å². The van der Waals surface area contributed by atoms with Crippen molar-refractivity contribution in [2.24, 2.45) is 4.99 Å². The van der Waals surface area contributed by atoms with Gasteiger partial charge < -0.3 is 15.4 Å². The van der Waals surface area contributed by atoms with E-state index >= 15 is 0 Å². The van der Waals surface area contributed by atoms with Gasteiger partial charge in [0, 0.05) is 11.4 Å². The van der Waals surface area contributed by atoms with Crippen molar-refractivity contribution in [1.82, 2.24) is 0 Å². The number of para-hydroxylation sites is 2. The third-order valence-corrected chi connectivity index (χ3v) is 5.69. The number of amides is 1. The van der Waals surface area contributed by atoms with Crippen LogP contribution < -0.4 is 10.6 Å². The number of esters is 1. The lowest BCUT2D eigenvalue weighted by molar-refractivity contribution is -0.142. The van der Waals surface area contributed by atoms with Crippen LogP contribution in [0.1, 0.15) is 26.7 Å². The summed E-state index contributed by atoms with van der Waals surface area (Å²) in [6, 6.07) is 13.1. The summed E-state index contributed by atoms with van der Waals surface area (Å²) < 4.78 is 18.2. The summed E-state index contributed by atoms with van der Waals surface area (Å²) in [7, 11) is 0. The normalized spacial score (nSPS) is 13.6. The molecular weight excluding hydrogens is 417 g/mol. The summed E-state index contributed by atoms with van der Waals surface area (Å²) in [6.07, 6.45) is 2.41. The van der Waals surface area contributed by atoms with Gasteiger partial charge in [-0.3, -0.25) is 9.59 Å². The van der Waals surface area contributed by atoms with E-state index < -0.39 is 5.25 Å². The van der Waals surface area contributed by atoms with Gasteiger partial charge in [-0.05, 0) is 55.8 Å². The monoisotopic (exact) mass is 441 g/mol. The molecule has 0 aromatic heterocycles. The number of hydrogen-bond acceptors (Lipinski definition) is 6. The van der Waals surface area contributed by atoms with Gasteiger partial charge in [0.15, 0.2) is 0 Å². The first-order chi connectivity index (χ1) is 15.0. The number of halogens is 1. The molecule has 162 valence electrons. The zero-order valence-electron chi connectivity index (χ0n) is 17.4. The van der Waals surface area contributed by atoms with Crippen LogP contribution in [0.4, 0.5) is 21.5 Å². The lowest BCUT2D eigenvalue weighted by atomic mass is 10.2. The number of hydrogen-bond donors (Lipinski definition) is 2. The number of ether oxygens (including phenoxy) is 1. The summed E-state index contributed by atoms with van der Waals surface area (Å²) in [5.41, 5.74) is 2.66. The van der Waals surface area contributed by atoms with E-state index in [0.29, 0.717) is 35.1 Å². The Morgan fingerprint density at radius 3 is 2.61 bits per heavy atom. The molecule has 2 aromatic rings. The highest BCUT2D eigenvalue weighted by Gasteiger charge is 2.22. The second kappa shape index (κ2) is 10.8. The van der Waals surface area contributed by atoms with E-state index in [1.807, 2.05) is 31.2 Å². The van der Waals surface area contributed by atoms with Crippen LogP contribution in [-0.4, -0.2) is 28.8 Å². The van der Waals surface area contributed by atoms with Crippen molar-refractivity contribution in [3.05, 3.63) is 66.1 Å². The summed E-state index contributed by atoms with van der Waals surface area (Å²) in [6.45, 7) is 3.98. The molecule has 8 heteroatoms. The lowest BCUT2D eigenvalue weighted by Gasteiger charge is -2.15. The number of carbonyl (C=O) groups excluding carboxylic acids is 2. The topological polar surface area (TPSA) is 79.8 Å². The van der Waals surface area contributed by atoms with E-state index in [0.717, 1.165) is 5.69 Å². The Hall–Kier alpha value is -3.13. The second-order valence-corrected chi connectivity index (χ2v) is 7.98. The fraction of sp³-hybridized carbons (Fsp3) is 0.261. The highest BCUT2D eigenvalue weighted by atomic mass is 32.2. The molecule has 1 heterocycles. The molecule has 0 spiro atoms. The molecule has 2 N–H and O–H groups in total. The summed E-state index contributed by atoms with van der Waals surface area (Å²) in [4.78, 5) is 29.5. The largest absolute Gasteiger partial charge is 0.466 e. The molecular formula is C23H24FN3O3S. The number of benzene rings is 2. The predicted octanol–water partition coefficient (Wildman–Crippen LogP) is 5.27. The summed E-state index contributed by atoms with van der Waals surface area (Å²) in [5, 5.41) is 6.24. The molecule has 2 aromatic carbocycles. The van der Waals surface area contributed by atoms with Gasteiger partial charge in [-0.25, -0.2) is 9.38 Å². The molecule has 31 heavy (non-hydrogen) atoms. The highest BCUT2D eigenvalue weighted by Crippen LogP contribution is 2.32. The van der Waals surface area contributed by atoms with Gasteiger partial charge in [0.1, 0.15) is 5.82 Å². The third kappa shape index (κ3) is 6.42. The maximum Gasteiger partial charge on any atom is 0.311 e. The Kier molecular flexibility index (Phi) is 7.83. The number of nitrogens with zero attached hydrogens (tertiary/aromatic N) is 1. The van der Waals surface area contributed by atoms with Gasteiger partial charge >= 0.3 is 5.97 Å². The first-order valence-corrected chi connectivity index (χ1v) is 10.9. The molecule has 1 unspecified atom stereocenters. The van der Waals surface area contributed by atoms with Crippen LogP contribution in [0.5, 0.6) is 0 Å². The number of thioether (sulfide) groups is 1. The van der Waals surface area contributed by atoms with Crippen LogP contribution in [0, 0.1) is 5.82 Å². The minimum atomic E-state index is -0.422. The molecule has 0 fully saturated rings. The van der Waals surface area contributed by atoms with E-state index in [4.69, 9.17) is 9.73 Å². The Bertz CT molecular complexity index is 1010. The van der Waals surface area contributed by atoms with E-state index in [1.165, 1.54) is 36.0 Å². The van der Waals surface area contributed by atoms with E-state index in [9.17, 15) is 14.0 Å². The average molecular weight is 442 g/mol. The van der Waals surface area contributed by atoms with Gasteiger partial charge in [-0.1, -0.05) is 30.8 Å². The Morgan fingerprint density at radius 2 is 1.90 bits per heavy atom. The molecule has 0 saturated carbocycles. The van der Waals surface area contributed by atoms with Gasteiger partial charge in [0.25, 0.3) is 0 Å². The van der Waals surface area contributed by atoms with Crippen LogP contribution in [0.25, 0.3) is 0 Å². The van der Waals surface area contributed by atoms with Gasteiger partial charge in [-0.2, -0.15) is 0 Å². The van der Waals surface area contributed by atoms with Crippen LogP contribution in [-0.2, 0) is 14.3 Å². The molecule has 0 radical (unpaired) electrons. The standard InChI is InChI=1S/C23H24FN3O3S/c1-3-20(23(29)26-16-11-9-15(24)10-12-16)31-21-13-17(14-22(28)30-4-2)25-18-7-5-6-8-19(18)27-21/h5-13,20,25H,3-4,14H2,1-2H3,(H,26,29). The lowest BCUT2D eigenvalue weighted by Crippen LogP contribution is -2.25. The number of fused-ring (bicyclic) bond motifs is 1. The summed E-state index contributed by atoms with van der Waals surface area (Å²) in [5.74, 6) is -0.906. The SMILES string of the molecule is CCOC(=O)CC1=CC(SC(CC)C(=O)Nc2ccc(F)cc2)=Nc2ccccc2N1. The smallest absolute Gasteiger partial charge is 0.311 e. The van der Waals surface area contributed by atoms with Gasteiger partial charge in [0.05, 0.1) is 34.7 Å². The number of aliphatic imine (C=N–C) groups is 1. The predicted molar refractivity (Wildman–Crippen MR) is 123 cm³/mol. The first kappa shape index (κ1) is 22.6. The third-order valence-electron chi connectivity index (χ3n) is 4.41.